The number of benzene rings is 2. The highest BCUT2D eigenvalue weighted by Gasteiger charge is 2.27. The van der Waals surface area contributed by atoms with Crippen molar-refractivity contribution in [2.24, 2.45) is 0 Å². The molecule has 1 aliphatic rings. The highest BCUT2D eigenvalue weighted by atomic mass is 16.5. The van der Waals surface area contributed by atoms with Crippen molar-refractivity contribution in [3.05, 3.63) is 83.3 Å². The standard InChI is InChI=1S/C23H22N2O4/c1-15-8-10-20-19(12-15)25(22(26)14-28-20)13-18-9-11-21(29-18)23(27)24-16(2)17-6-4-3-5-7-17/h3-12,16H,13-14H2,1-2H3,(H,24,27)/t16-/m0/s1. The summed E-state index contributed by atoms with van der Waals surface area (Å²) in [6.45, 7) is 4.10. The van der Waals surface area contributed by atoms with Crippen LogP contribution in [0.15, 0.2) is 65.1 Å². The highest BCUT2D eigenvalue weighted by Crippen LogP contribution is 2.34. The summed E-state index contributed by atoms with van der Waals surface area (Å²) in [6.07, 6.45) is 0. The molecule has 2 aromatic carbocycles. The molecular weight excluding hydrogens is 368 g/mol. The minimum atomic E-state index is -0.294. The number of hydrogen-bond donors (Lipinski definition) is 1. The van der Waals surface area contributed by atoms with Gasteiger partial charge in [0.15, 0.2) is 12.4 Å². The first kappa shape index (κ1) is 18.8. The fraction of sp³-hybridized carbons (Fsp3) is 0.217. The van der Waals surface area contributed by atoms with E-state index in [1.165, 1.54) is 0 Å². The Morgan fingerprint density at radius 3 is 2.72 bits per heavy atom. The Morgan fingerprint density at radius 1 is 1.14 bits per heavy atom. The number of furan rings is 1. The number of rotatable bonds is 5. The zero-order chi connectivity index (χ0) is 20.4. The third kappa shape index (κ3) is 4.01. The predicted octanol–water partition coefficient (Wildman–Crippen LogP) is 4.00. The van der Waals surface area contributed by atoms with E-state index in [-0.39, 0.29) is 36.8 Å². The van der Waals surface area contributed by atoms with Crippen LogP contribution in [0.2, 0.25) is 0 Å². The average Bonchev–Trinajstić information content (AvgIpc) is 3.20. The van der Waals surface area contributed by atoms with Crippen LogP contribution in [0, 0.1) is 6.92 Å². The van der Waals surface area contributed by atoms with Gasteiger partial charge in [-0.15, -0.1) is 0 Å². The van der Waals surface area contributed by atoms with Gasteiger partial charge < -0.3 is 14.5 Å². The van der Waals surface area contributed by atoms with Gasteiger partial charge in [0.2, 0.25) is 0 Å². The maximum absolute atomic E-state index is 12.5. The van der Waals surface area contributed by atoms with E-state index < -0.39 is 0 Å². The number of amides is 2. The van der Waals surface area contributed by atoms with Crippen LogP contribution in [0.1, 0.15) is 40.4 Å². The van der Waals surface area contributed by atoms with Crippen LogP contribution in [0.5, 0.6) is 5.75 Å². The molecule has 0 saturated heterocycles. The quantitative estimate of drug-likeness (QED) is 0.715. The SMILES string of the molecule is Cc1ccc2c(c1)N(Cc1ccc(C(=O)N[C@@H](C)c3ccccc3)o1)C(=O)CO2. The monoisotopic (exact) mass is 390 g/mol. The van der Waals surface area contributed by atoms with Crippen molar-refractivity contribution in [2.45, 2.75) is 26.4 Å². The Balaban J connectivity index is 1.48. The van der Waals surface area contributed by atoms with Crippen molar-refractivity contribution < 1.29 is 18.7 Å². The fourth-order valence-corrected chi connectivity index (χ4v) is 3.32. The Labute approximate surface area is 169 Å². The lowest BCUT2D eigenvalue weighted by molar-refractivity contribution is -0.121. The van der Waals surface area contributed by atoms with E-state index in [1.54, 1.807) is 17.0 Å². The van der Waals surface area contributed by atoms with E-state index in [0.29, 0.717) is 17.2 Å². The molecule has 1 N–H and O–H groups in total. The molecular formula is C23H22N2O4. The van der Waals surface area contributed by atoms with Crippen LogP contribution in [-0.4, -0.2) is 18.4 Å². The van der Waals surface area contributed by atoms with Gasteiger partial charge in [0.25, 0.3) is 11.8 Å². The van der Waals surface area contributed by atoms with E-state index >= 15 is 0 Å². The summed E-state index contributed by atoms with van der Waals surface area (Å²) >= 11 is 0. The minimum Gasteiger partial charge on any atom is -0.482 e. The Bertz CT molecular complexity index is 1040. The van der Waals surface area contributed by atoms with Gasteiger partial charge >= 0.3 is 0 Å². The van der Waals surface area contributed by atoms with Gasteiger partial charge in [-0.1, -0.05) is 36.4 Å². The van der Waals surface area contributed by atoms with Crippen molar-refractivity contribution >= 4 is 17.5 Å². The van der Waals surface area contributed by atoms with Gasteiger partial charge in [-0.2, -0.15) is 0 Å². The topological polar surface area (TPSA) is 71.8 Å². The van der Waals surface area contributed by atoms with Crippen LogP contribution < -0.4 is 15.0 Å². The summed E-state index contributed by atoms with van der Waals surface area (Å²) in [5.74, 6) is 0.968. The van der Waals surface area contributed by atoms with Crippen molar-refractivity contribution in [3.63, 3.8) is 0 Å². The third-order valence-electron chi connectivity index (χ3n) is 4.90. The van der Waals surface area contributed by atoms with Crippen molar-refractivity contribution in [1.29, 1.82) is 0 Å². The molecule has 6 nitrogen and oxygen atoms in total. The zero-order valence-corrected chi connectivity index (χ0v) is 16.3. The number of fused-ring (bicyclic) bond motifs is 1. The Kier molecular flexibility index (Phi) is 5.08. The number of nitrogens with zero attached hydrogens (tertiary/aromatic N) is 1. The number of aryl methyl sites for hydroxylation is 1. The van der Waals surface area contributed by atoms with Gasteiger partial charge in [-0.3, -0.25) is 14.5 Å². The number of anilines is 1. The van der Waals surface area contributed by atoms with E-state index in [0.717, 1.165) is 11.1 Å². The van der Waals surface area contributed by atoms with E-state index in [9.17, 15) is 9.59 Å². The lowest BCUT2D eigenvalue weighted by Gasteiger charge is -2.29. The molecule has 0 bridgehead atoms. The van der Waals surface area contributed by atoms with Gasteiger partial charge in [-0.05, 0) is 49.2 Å². The predicted molar refractivity (Wildman–Crippen MR) is 109 cm³/mol. The first-order valence-corrected chi connectivity index (χ1v) is 9.49. The van der Waals surface area contributed by atoms with Gasteiger partial charge in [0, 0.05) is 0 Å². The van der Waals surface area contributed by atoms with Crippen molar-refractivity contribution in [3.8, 4) is 5.75 Å². The molecule has 4 rings (SSSR count). The van der Waals surface area contributed by atoms with Gasteiger partial charge in [-0.25, -0.2) is 0 Å². The number of hydrogen-bond acceptors (Lipinski definition) is 4. The molecule has 2 heterocycles. The summed E-state index contributed by atoms with van der Waals surface area (Å²) in [5.41, 5.74) is 2.75. The summed E-state index contributed by atoms with van der Waals surface area (Å²) in [5, 5.41) is 2.93. The molecule has 0 unspecified atom stereocenters. The highest BCUT2D eigenvalue weighted by molar-refractivity contribution is 5.97. The molecule has 0 fully saturated rings. The Hall–Kier alpha value is -3.54. The van der Waals surface area contributed by atoms with Crippen LogP contribution in [0.25, 0.3) is 0 Å². The molecule has 1 atom stereocenters. The average molecular weight is 390 g/mol. The van der Waals surface area contributed by atoms with Gasteiger partial charge in [0.05, 0.1) is 18.3 Å². The van der Waals surface area contributed by atoms with E-state index in [4.69, 9.17) is 9.15 Å². The molecule has 29 heavy (non-hydrogen) atoms. The normalized spacial score (nSPS) is 14.1. The minimum absolute atomic E-state index is 0.0152. The van der Waals surface area contributed by atoms with E-state index in [2.05, 4.69) is 5.32 Å². The lowest BCUT2D eigenvalue weighted by Crippen LogP contribution is -2.38. The number of nitrogens with one attached hydrogen (secondary N) is 1. The molecule has 0 saturated carbocycles. The molecule has 148 valence electrons. The third-order valence-corrected chi connectivity index (χ3v) is 4.90. The smallest absolute Gasteiger partial charge is 0.287 e. The summed E-state index contributed by atoms with van der Waals surface area (Å²) in [7, 11) is 0. The first-order valence-electron chi connectivity index (χ1n) is 9.49. The molecule has 1 aliphatic heterocycles. The number of ether oxygens (including phenoxy) is 1. The largest absolute Gasteiger partial charge is 0.482 e. The Morgan fingerprint density at radius 2 is 1.93 bits per heavy atom. The molecule has 0 aliphatic carbocycles. The molecule has 6 heteroatoms. The van der Waals surface area contributed by atoms with Crippen molar-refractivity contribution in [1.82, 2.24) is 5.32 Å². The molecule has 0 radical (unpaired) electrons. The van der Waals surface area contributed by atoms with Crippen LogP contribution in [0.4, 0.5) is 5.69 Å². The fourth-order valence-electron chi connectivity index (χ4n) is 3.32. The molecule has 3 aromatic rings. The maximum atomic E-state index is 12.5. The first-order chi connectivity index (χ1) is 14.0. The molecule has 2 amide bonds. The summed E-state index contributed by atoms with van der Waals surface area (Å²) in [4.78, 5) is 26.6. The second-order valence-corrected chi connectivity index (χ2v) is 7.11. The summed E-state index contributed by atoms with van der Waals surface area (Å²) in [6, 6.07) is 18.6. The summed E-state index contributed by atoms with van der Waals surface area (Å²) < 4.78 is 11.2. The molecule has 1 aromatic heterocycles. The maximum Gasteiger partial charge on any atom is 0.287 e. The molecule has 0 spiro atoms. The number of carbonyl (C=O) groups is 2. The van der Waals surface area contributed by atoms with Crippen LogP contribution >= 0.6 is 0 Å². The zero-order valence-electron chi connectivity index (χ0n) is 16.3. The second kappa shape index (κ2) is 7.83. The van der Waals surface area contributed by atoms with E-state index in [1.807, 2.05) is 62.4 Å². The van der Waals surface area contributed by atoms with Gasteiger partial charge in [0.1, 0.15) is 11.5 Å². The van der Waals surface area contributed by atoms with Crippen molar-refractivity contribution in [2.75, 3.05) is 11.5 Å². The van der Waals surface area contributed by atoms with Crippen LogP contribution in [0.3, 0.4) is 0 Å². The van der Waals surface area contributed by atoms with Crippen LogP contribution in [-0.2, 0) is 11.3 Å². The lowest BCUT2D eigenvalue weighted by atomic mass is 10.1. The number of carbonyl (C=O) groups excluding carboxylic acids is 2. The second-order valence-electron chi connectivity index (χ2n) is 7.11.